The molecule has 0 spiro atoms. The summed E-state index contributed by atoms with van der Waals surface area (Å²) in [6.45, 7) is 6.33. The van der Waals surface area contributed by atoms with Gasteiger partial charge in [0.05, 0.1) is 5.56 Å². The molecule has 1 aliphatic rings. The number of esters is 1. The molecule has 0 amide bonds. The molecule has 0 bridgehead atoms. The zero-order valence-electron chi connectivity index (χ0n) is 12.0. The lowest BCUT2D eigenvalue weighted by molar-refractivity contribution is 0.00810. The molecule has 1 aromatic rings. The summed E-state index contributed by atoms with van der Waals surface area (Å²) in [4.78, 5) is 12.3. The van der Waals surface area contributed by atoms with Crippen molar-refractivity contribution < 1.29 is 9.53 Å². The molecule has 0 aliphatic heterocycles. The molecule has 2 atom stereocenters. The minimum Gasteiger partial charge on any atom is -0.459 e. The molecule has 0 aromatic heterocycles. The highest BCUT2D eigenvalue weighted by Gasteiger charge is 2.27. The van der Waals surface area contributed by atoms with Crippen molar-refractivity contribution in [3.8, 4) is 0 Å². The maximum atomic E-state index is 12.3. The minimum absolute atomic E-state index is 0.0326. The summed E-state index contributed by atoms with van der Waals surface area (Å²) >= 11 is 0. The average Bonchev–Trinajstić information content (AvgIpc) is 2.26. The number of benzene rings is 1. The summed E-state index contributed by atoms with van der Waals surface area (Å²) < 4.78 is 5.66. The molecule has 0 heterocycles. The quantitative estimate of drug-likeness (QED) is 0.654. The second-order valence-corrected chi connectivity index (χ2v) is 5.98. The molecule has 3 nitrogen and oxygen atoms in total. The Morgan fingerprint density at radius 2 is 1.84 bits per heavy atom. The zero-order chi connectivity index (χ0) is 14.0. The Bertz CT molecular complexity index is 440. The number of carbonyl (C=O) groups is 1. The molecule has 3 heteroatoms. The molecule has 0 radical (unpaired) electrons. The molecule has 2 N–H and O–H groups in total. The summed E-state index contributed by atoms with van der Waals surface area (Å²) in [5.41, 5.74) is 7.78. The molecule has 19 heavy (non-hydrogen) atoms. The van der Waals surface area contributed by atoms with Crippen molar-refractivity contribution in [1.29, 1.82) is 0 Å². The number of hydrogen-bond acceptors (Lipinski definition) is 3. The van der Waals surface area contributed by atoms with E-state index in [0.29, 0.717) is 23.1 Å². The second kappa shape index (κ2) is 5.64. The highest BCUT2D eigenvalue weighted by molar-refractivity contribution is 5.96. The van der Waals surface area contributed by atoms with E-state index in [1.54, 1.807) is 6.07 Å². The average molecular weight is 261 g/mol. The number of ether oxygens (including phenoxy) is 1. The Hall–Kier alpha value is -1.51. The van der Waals surface area contributed by atoms with Crippen LogP contribution in [0, 0.1) is 18.8 Å². The first-order valence-corrected chi connectivity index (χ1v) is 7.03. The van der Waals surface area contributed by atoms with Gasteiger partial charge < -0.3 is 10.5 Å². The van der Waals surface area contributed by atoms with Crippen LogP contribution in [0.4, 0.5) is 5.69 Å². The van der Waals surface area contributed by atoms with Gasteiger partial charge in [0, 0.05) is 5.69 Å². The Labute approximate surface area is 115 Å². The van der Waals surface area contributed by atoms with Crippen LogP contribution in [0.15, 0.2) is 18.2 Å². The standard InChI is InChI=1S/C16H23NO2/c1-10-7-11(2)9-13(8-10)19-16(18)15-12(3)5-4-6-14(15)17/h4-6,10-11,13H,7-9,17H2,1-3H3. The molecule has 104 valence electrons. The van der Waals surface area contributed by atoms with Crippen molar-refractivity contribution in [2.24, 2.45) is 11.8 Å². The summed E-state index contributed by atoms with van der Waals surface area (Å²) in [6, 6.07) is 5.49. The third-order valence-corrected chi connectivity index (χ3v) is 3.92. The smallest absolute Gasteiger partial charge is 0.340 e. The van der Waals surface area contributed by atoms with Gasteiger partial charge in [-0.15, -0.1) is 0 Å². The van der Waals surface area contributed by atoms with Crippen LogP contribution < -0.4 is 5.73 Å². The van der Waals surface area contributed by atoms with Crippen molar-refractivity contribution in [2.45, 2.75) is 46.1 Å². The van der Waals surface area contributed by atoms with Crippen LogP contribution in [-0.2, 0) is 4.74 Å². The van der Waals surface area contributed by atoms with Gasteiger partial charge >= 0.3 is 5.97 Å². The number of nitrogen functional groups attached to an aromatic ring is 1. The Morgan fingerprint density at radius 1 is 1.21 bits per heavy atom. The van der Waals surface area contributed by atoms with E-state index >= 15 is 0 Å². The first-order valence-electron chi connectivity index (χ1n) is 7.03. The molecule has 1 fully saturated rings. The van der Waals surface area contributed by atoms with Crippen molar-refractivity contribution in [2.75, 3.05) is 5.73 Å². The molecule has 0 saturated heterocycles. The van der Waals surface area contributed by atoms with Crippen LogP contribution in [0.25, 0.3) is 0 Å². The van der Waals surface area contributed by atoms with Gasteiger partial charge in [-0.3, -0.25) is 0 Å². The molecule has 1 aliphatic carbocycles. The van der Waals surface area contributed by atoms with E-state index in [0.717, 1.165) is 18.4 Å². The molecule has 2 unspecified atom stereocenters. The minimum atomic E-state index is -0.276. The number of aryl methyl sites for hydroxylation is 1. The van der Waals surface area contributed by atoms with Crippen LogP contribution in [0.3, 0.4) is 0 Å². The van der Waals surface area contributed by atoms with Crippen molar-refractivity contribution in [1.82, 2.24) is 0 Å². The SMILES string of the molecule is Cc1cccc(N)c1C(=O)OC1CC(C)CC(C)C1. The zero-order valence-corrected chi connectivity index (χ0v) is 12.0. The summed E-state index contributed by atoms with van der Waals surface area (Å²) in [5.74, 6) is 0.966. The third kappa shape index (κ3) is 3.28. The fraction of sp³-hybridized carbons (Fsp3) is 0.562. The fourth-order valence-corrected chi connectivity index (χ4v) is 3.15. The van der Waals surface area contributed by atoms with E-state index in [4.69, 9.17) is 10.5 Å². The van der Waals surface area contributed by atoms with E-state index in [2.05, 4.69) is 13.8 Å². The summed E-state index contributed by atoms with van der Waals surface area (Å²) in [7, 11) is 0. The number of hydrogen-bond donors (Lipinski definition) is 1. The van der Waals surface area contributed by atoms with Gasteiger partial charge in [0.2, 0.25) is 0 Å². The Morgan fingerprint density at radius 3 is 2.42 bits per heavy atom. The normalized spacial score (nSPS) is 27.0. The maximum absolute atomic E-state index is 12.3. The van der Waals surface area contributed by atoms with Crippen LogP contribution >= 0.6 is 0 Å². The fourth-order valence-electron chi connectivity index (χ4n) is 3.15. The Balaban J connectivity index is 2.09. The number of nitrogens with two attached hydrogens (primary N) is 1. The van der Waals surface area contributed by atoms with Gasteiger partial charge in [0.25, 0.3) is 0 Å². The first kappa shape index (κ1) is 13.9. The van der Waals surface area contributed by atoms with Gasteiger partial charge in [-0.25, -0.2) is 4.79 Å². The van der Waals surface area contributed by atoms with Crippen LogP contribution in [0.1, 0.15) is 49.0 Å². The molecule has 1 saturated carbocycles. The topological polar surface area (TPSA) is 52.3 Å². The molecular weight excluding hydrogens is 238 g/mol. The maximum Gasteiger partial charge on any atom is 0.340 e. The Kier molecular flexibility index (Phi) is 4.13. The number of rotatable bonds is 2. The highest BCUT2D eigenvalue weighted by atomic mass is 16.5. The van der Waals surface area contributed by atoms with E-state index in [-0.39, 0.29) is 12.1 Å². The van der Waals surface area contributed by atoms with Gasteiger partial charge in [0.1, 0.15) is 6.10 Å². The van der Waals surface area contributed by atoms with Gasteiger partial charge in [-0.05, 0) is 49.7 Å². The van der Waals surface area contributed by atoms with Crippen molar-refractivity contribution >= 4 is 11.7 Å². The van der Waals surface area contributed by atoms with E-state index < -0.39 is 0 Å². The van der Waals surface area contributed by atoms with Crippen LogP contribution in [-0.4, -0.2) is 12.1 Å². The third-order valence-electron chi connectivity index (χ3n) is 3.92. The summed E-state index contributed by atoms with van der Waals surface area (Å²) in [6.07, 6.45) is 3.18. The second-order valence-electron chi connectivity index (χ2n) is 5.98. The lowest BCUT2D eigenvalue weighted by atomic mass is 9.82. The van der Waals surface area contributed by atoms with Gasteiger partial charge in [-0.1, -0.05) is 26.0 Å². The first-order chi connectivity index (χ1) is 8.97. The highest BCUT2D eigenvalue weighted by Crippen LogP contribution is 2.31. The van der Waals surface area contributed by atoms with Crippen molar-refractivity contribution in [3.05, 3.63) is 29.3 Å². The number of carbonyl (C=O) groups excluding carboxylic acids is 1. The predicted octanol–water partition coefficient (Wildman–Crippen LogP) is 3.56. The van der Waals surface area contributed by atoms with Crippen LogP contribution in [0.2, 0.25) is 0 Å². The van der Waals surface area contributed by atoms with Gasteiger partial charge in [-0.2, -0.15) is 0 Å². The summed E-state index contributed by atoms with van der Waals surface area (Å²) in [5, 5.41) is 0. The lowest BCUT2D eigenvalue weighted by Gasteiger charge is -2.31. The molecule has 2 rings (SSSR count). The molecular formula is C16H23NO2. The predicted molar refractivity (Wildman–Crippen MR) is 77.0 cm³/mol. The van der Waals surface area contributed by atoms with E-state index in [1.165, 1.54) is 6.42 Å². The van der Waals surface area contributed by atoms with E-state index in [9.17, 15) is 4.79 Å². The van der Waals surface area contributed by atoms with Crippen molar-refractivity contribution in [3.63, 3.8) is 0 Å². The molecule has 1 aromatic carbocycles. The van der Waals surface area contributed by atoms with Crippen LogP contribution in [0.5, 0.6) is 0 Å². The van der Waals surface area contributed by atoms with E-state index in [1.807, 2.05) is 19.1 Å². The van der Waals surface area contributed by atoms with Gasteiger partial charge in [0.15, 0.2) is 0 Å². The monoisotopic (exact) mass is 261 g/mol. The lowest BCUT2D eigenvalue weighted by Crippen LogP contribution is -2.29. The largest absolute Gasteiger partial charge is 0.459 e. The number of anilines is 1.